The maximum atomic E-state index is 12.9. The van der Waals surface area contributed by atoms with E-state index in [1.807, 2.05) is 54.6 Å². The average Bonchev–Trinajstić information content (AvgIpc) is 3.03. The topological polar surface area (TPSA) is 83.6 Å². The van der Waals surface area contributed by atoms with Crippen LogP contribution < -0.4 is 0 Å². The third kappa shape index (κ3) is 4.62. The lowest BCUT2D eigenvalue weighted by Gasteiger charge is -2.19. The second-order valence-corrected chi connectivity index (χ2v) is 6.89. The number of nitrogens with zero attached hydrogens (tertiary/aromatic N) is 2. The zero-order chi connectivity index (χ0) is 19.4. The van der Waals surface area contributed by atoms with Gasteiger partial charge >= 0.3 is 5.97 Å². The number of carboxylic acid groups (broad SMARTS) is 1. The van der Waals surface area contributed by atoms with Crippen LogP contribution in [0.5, 0.6) is 0 Å². The lowest BCUT2D eigenvalue weighted by molar-refractivity contribution is -0.137. The van der Waals surface area contributed by atoms with Gasteiger partial charge in [-0.05, 0) is 36.8 Å². The molecule has 3 rings (SSSR count). The van der Waals surface area contributed by atoms with E-state index in [2.05, 4.69) is 20.9 Å². The normalized spacial score (nSPS) is 10.6. The van der Waals surface area contributed by atoms with Crippen molar-refractivity contribution in [1.29, 1.82) is 0 Å². The summed E-state index contributed by atoms with van der Waals surface area (Å²) in [5.41, 5.74) is 1.68. The summed E-state index contributed by atoms with van der Waals surface area (Å²) in [5.74, 6) is -0.904. The number of oxazole rings is 1. The molecular weight excluding hydrogens is 412 g/mol. The summed E-state index contributed by atoms with van der Waals surface area (Å²) in [6, 6.07) is 16.6. The number of rotatable bonds is 6. The second-order valence-electron chi connectivity index (χ2n) is 5.97. The molecule has 1 aromatic heterocycles. The summed E-state index contributed by atoms with van der Waals surface area (Å²) >= 11 is 3.37. The maximum absolute atomic E-state index is 12.9. The van der Waals surface area contributed by atoms with E-state index in [1.165, 1.54) is 4.90 Å². The Morgan fingerprint density at radius 2 is 1.78 bits per heavy atom. The predicted octanol–water partition coefficient (Wildman–Crippen LogP) is 4.14. The molecule has 0 unspecified atom stereocenters. The van der Waals surface area contributed by atoms with Gasteiger partial charge < -0.3 is 14.4 Å². The van der Waals surface area contributed by atoms with Gasteiger partial charge in [0.1, 0.15) is 12.3 Å². The molecule has 1 amide bonds. The fraction of sp³-hybridized carbons (Fsp3) is 0.150. The van der Waals surface area contributed by atoms with Crippen LogP contribution in [0.2, 0.25) is 0 Å². The van der Waals surface area contributed by atoms with Gasteiger partial charge in [0.05, 0.1) is 0 Å². The molecule has 6 nitrogen and oxygen atoms in total. The Morgan fingerprint density at radius 3 is 2.41 bits per heavy atom. The Kier molecular flexibility index (Phi) is 5.71. The fourth-order valence-electron chi connectivity index (χ4n) is 2.63. The van der Waals surface area contributed by atoms with Gasteiger partial charge in [-0.1, -0.05) is 46.3 Å². The largest absolute Gasteiger partial charge is 0.480 e. The molecule has 0 fully saturated rings. The predicted molar refractivity (Wildman–Crippen MR) is 103 cm³/mol. The van der Waals surface area contributed by atoms with E-state index in [1.54, 1.807) is 6.92 Å². The number of hydrogen-bond acceptors (Lipinski definition) is 4. The van der Waals surface area contributed by atoms with Crippen LogP contribution in [0, 0.1) is 6.92 Å². The minimum atomic E-state index is -1.09. The van der Waals surface area contributed by atoms with Gasteiger partial charge in [-0.3, -0.25) is 9.59 Å². The van der Waals surface area contributed by atoms with Gasteiger partial charge in [0.2, 0.25) is 5.89 Å². The summed E-state index contributed by atoms with van der Waals surface area (Å²) in [4.78, 5) is 29.7. The second kappa shape index (κ2) is 8.18. The number of aliphatic carboxylic acids is 1. The Labute approximate surface area is 164 Å². The molecule has 3 aromatic rings. The Hall–Kier alpha value is -2.93. The summed E-state index contributed by atoms with van der Waals surface area (Å²) < 4.78 is 6.56. The molecule has 1 heterocycles. The number of amides is 1. The molecule has 0 aliphatic carbocycles. The SMILES string of the molecule is Cc1oc(-c2ccc(Br)cc2)nc1C(=O)N(CC(=O)O)Cc1ccccc1. The molecule has 0 atom stereocenters. The van der Waals surface area contributed by atoms with Crippen molar-refractivity contribution in [3.63, 3.8) is 0 Å². The fourth-order valence-corrected chi connectivity index (χ4v) is 2.89. The first-order valence-corrected chi connectivity index (χ1v) is 9.01. The van der Waals surface area contributed by atoms with Crippen LogP contribution in [-0.4, -0.2) is 33.4 Å². The highest BCUT2D eigenvalue weighted by Gasteiger charge is 2.25. The van der Waals surface area contributed by atoms with Crippen LogP contribution in [0.4, 0.5) is 0 Å². The van der Waals surface area contributed by atoms with Crippen molar-refractivity contribution in [2.75, 3.05) is 6.54 Å². The highest BCUT2D eigenvalue weighted by atomic mass is 79.9. The van der Waals surface area contributed by atoms with Crippen LogP contribution in [-0.2, 0) is 11.3 Å². The standard InChI is InChI=1S/C20H17BrN2O4/c1-13-18(22-19(27-13)15-7-9-16(21)10-8-15)20(26)23(12-17(24)25)11-14-5-3-2-4-6-14/h2-10H,11-12H2,1H3,(H,24,25). The minimum Gasteiger partial charge on any atom is -0.480 e. The molecule has 0 saturated carbocycles. The molecule has 27 heavy (non-hydrogen) atoms. The maximum Gasteiger partial charge on any atom is 0.323 e. The Bertz CT molecular complexity index is 952. The average molecular weight is 429 g/mol. The van der Waals surface area contributed by atoms with Gasteiger partial charge in [0.25, 0.3) is 5.91 Å². The van der Waals surface area contributed by atoms with E-state index in [4.69, 9.17) is 4.42 Å². The number of carbonyl (C=O) groups is 2. The number of aromatic nitrogens is 1. The smallest absolute Gasteiger partial charge is 0.323 e. The molecule has 0 bridgehead atoms. The third-order valence-electron chi connectivity index (χ3n) is 3.92. The number of aryl methyl sites for hydroxylation is 1. The van der Waals surface area contributed by atoms with E-state index in [0.29, 0.717) is 11.7 Å². The molecule has 138 valence electrons. The lowest BCUT2D eigenvalue weighted by Crippen LogP contribution is -2.35. The first-order chi connectivity index (χ1) is 12.9. The molecule has 0 radical (unpaired) electrons. The highest BCUT2D eigenvalue weighted by Crippen LogP contribution is 2.24. The number of benzene rings is 2. The zero-order valence-electron chi connectivity index (χ0n) is 14.6. The number of halogens is 1. The van der Waals surface area contributed by atoms with Crippen molar-refractivity contribution >= 4 is 27.8 Å². The van der Waals surface area contributed by atoms with Gasteiger partial charge in [0.15, 0.2) is 5.69 Å². The number of carboxylic acids is 1. The van der Waals surface area contributed by atoms with Crippen LogP contribution in [0.25, 0.3) is 11.5 Å². The quantitative estimate of drug-likeness (QED) is 0.637. The van der Waals surface area contributed by atoms with Gasteiger partial charge in [-0.15, -0.1) is 0 Å². The molecular formula is C20H17BrN2O4. The summed E-state index contributed by atoms with van der Waals surface area (Å²) in [7, 11) is 0. The monoisotopic (exact) mass is 428 g/mol. The molecule has 0 aliphatic heterocycles. The van der Waals surface area contributed by atoms with E-state index >= 15 is 0 Å². The van der Waals surface area contributed by atoms with Crippen LogP contribution >= 0.6 is 15.9 Å². The third-order valence-corrected chi connectivity index (χ3v) is 4.45. The van der Waals surface area contributed by atoms with Crippen molar-refractivity contribution in [3.05, 3.63) is 76.1 Å². The molecule has 0 spiro atoms. The van der Waals surface area contributed by atoms with E-state index < -0.39 is 18.4 Å². The van der Waals surface area contributed by atoms with Crippen LogP contribution in [0.3, 0.4) is 0 Å². The minimum absolute atomic E-state index is 0.116. The van der Waals surface area contributed by atoms with E-state index in [0.717, 1.165) is 15.6 Å². The van der Waals surface area contributed by atoms with Crippen molar-refractivity contribution in [3.8, 4) is 11.5 Å². The van der Waals surface area contributed by atoms with Crippen LogP contribution in [0.1, 0.15) is 21.8 Å². The summed E-state index contributed by atoms with van der Waals surface area (Å²) in [6.07, 6.45) is 0. The summed E-state index contributed by atoms with van der Waals surface area (Å²) in [6.45, 7) is 1.39. The van der Waals surface area contributed by atoms with Crippen molar-refractivity contribution in [2.45, 2.75) is 13.5 Å². The van der Waals surface area contributed by atoms with E-state index in [-0.39, 0.29) is 12.2 Å². The van der Waals surface area contributed by atoms with Gasteiger partial charge in [0, 0.05) is 16.6 Å². The molecule has 0 saturated heterocycles. The van der Waals surface area contributed by atoms with Crippen molar-refractivity contribution in [2.24, 2.45) is 0 Å². The lowest BCUT2D eigenvalue weighted by atomic mass is 10.2. The number of hydrogen-bond donors (Lipinski definition) is 1. The molecule has 7 heteroatoms. The molecule has 1 N–H and O–H groups in total. The molecule has 0 aliphatic rings. The first-order valence-electron chi connectivity index (χ1n) is 8.22. The zero-order valence-corrected chi connectivity index (χ0v) is 16.1. The first kappa shape index (κ1) is 18.8. The van der Waals surface area contributed by atoms with Crippen molar-refractivity contribution < 1.29 is 19.1 Å². The van der Waals surface area contributed by atoms with Crippen LogP contribution in [0.15, 0.2) is 63.5 Å². The van der Waals surface area contributed by atoms with Crippen molar-refractivity contribution in [1.82, 2.24) is 9.88 Å². The summed E-state index contributed by atoms with van der Waals surface area (Å²) in [5, 5.41) is 9.19. The van der Waals surface area contributed by atoms with Gasteiger partial charge in [-0.2, -0.15) is 0 Å². The Balaban J connectivity index is 1.89. The van der Waals surface area contributed by atoms with Gasteiger partial charge in [-0.25, -0.2) is 4.98 Å². The number of carbonyl (C=O) groups excluding carboxylic acids is 1. The highest BCUT2D eigenvalue weighted by molar-refractivity contribution is 9.10. The Morgan fingerprint density at radius 1 is 1.11 bits per heavy atom. The van der Waals surface area contributed by atoms with E-state index in [9.17, 15) is 14.7 Å². The molecule has 2 aromatic carbocycles.